The Balaban J connectivity index is 1.34. The van der Waals surface area contributed by atoms with Gasteiger partial charge < -0.3 is 10.1 Å². The van der Waals surface area contributed by atoms with E-state index in [0.29, 0.717) is 0 Å². The quantitative estimate of drug-likeness (QED) is 0.613. The van der Waals surface area contributed by atoms with Crippen LogP contribution in [0.1, 0.15) is 34.3 Å². The molecule has 1 unspecified atom stereocenters. The van der Waals surface area contributed by atoms with Gasteiger partial charge in [-0.3, -0.25) is 9.69 Å². The summed E-state index contributed by atoms with van der Waals surface area (Å²) in [6.45, 7) is 4.88. The lowest BCUT2D eigenvalue weighted by atomic mass is 10.0. The van der Waals surface area contributed by atoms with E-state index in [1.54, 1.807) is 7.11 Å². The number of hydrogen-bond donors (Lipinski definition) is 1. The molecule has 0 aromatic heterocycles. The van der Waals surface area contributed by atoms with Gasteiger partial charge in [-0.1, -0.05) is 54.1 Å². The lowest BCUT2D eigenvalue weighted by molar-refractivity contribution is 0.0901. The number of methoxy groups -OCH3 is 1. The number of piperidine rings is 1. The minimum Gasteiger partial charge on any atom is -0.497 e. The van der Waals surface area contributed by atoms with Crippen LogP contribution in [0.4, 0.5) is 0 Å². The summed E-state index contributed by atoms with van der Waals surface area (Å²) in [6.07, 6.45) is 2.13. The average molecular weight is 415 g/mol. The fourth-order valence-electron chi connectivity index (χ4n) is 4.15. The zero-order valence-corrected chi connectivity index (χ0v) is 18.3. The number of hydrogen-bond acceptors (Lipinski definition) is 3. The van der Waals surface area contributed by atoms with E-state index in [1.165, 1.54) is 11.1 Å². The van der Waals surface area contributed by atoms with Gasteiger partial charge in [0.25, 0.3) is 5.91 Å². The average Bonchev–Trinajstić information content (AvgIpc) is 2.80. The van der Waals surface area contributed by atoms with Gasteiger partial charge in [-0.05, 0) is 67.3 Å². The van der Waals surface area contributed by atoms with E-state index in [1.807, 2.05) is 43.3 Å². The van der Waals surface area contributed by atoms with Crippen molar-refractivity contribution in [3.05, 3.63) is 89.5 Å². The number of ether oxygens (including phenoxy) is 1. The highest BCUT2D eigenvalue weighted by Gasteiger charge is 2.22. The molecule has 1 amide bonds. The van der Waals surface area contributed by atoms with Crippen LogP contribution in [-0.4, -0.2) is 37.0 Å². The van der Waals surface area contributed by atoms with Crippen LogP contribution in [0.5, 0.6) is 5.75 Å². The predicted octanol–water partition coefficient (Wildman–Crippen LogP) is 5.07. The number of aryl methyl sites for hydroxylation is 1. The van der Waals surface area contributed by atoms with Gasteiger partial charge in [0.05, 0.1) is 7.11 Å². The van der Waals surface area contributed by atoms with Crippen LogP contribution in [0.2, 0.25) is 0 Å². The van der Waals surface area contributed by atoms with E-state index in [0.717, 1.165) is 54.9 Å². The van der Waals surface area contributed by atoms with Gasteiger partial charge in [-0.2, -0.15) is 0 Å². The van der Waals surface area contributed by atoms with E-state index in [4.69, 9.17) is 4.74 Å². The Kier molecular flexibility index (Phi) is 6.68. The largest absolute Gasteiger partial charge is 0.497 e. The maximum Gasteiger partial charge on any atom is 0.251 e. The summed E-state index contributed by atoms with van der Waals surface area (Å²) in [5.41, 5.74) is 5.53. The van der Waals surface area contributed by atoms with Crippen LogP contribution in [-0.2, 0) is 6.54 Å². The molecule has 1 fully saturated rings. The number of carbonyl (C=O) groups excluding carboxylic acids is 1. The third-order valence-electron chi connectivity index (χ3n) is 5.92. The first-order chi connectivity index (χ1) is 15.1. The zero-order chi connectivity index (χ0) is 21.6. The van der Waals surface area contributed by atoms with Crippen molar-refractivity contribution in [3.63, 3.8) is 0 Å². The lowest BCUT2D eigenvalue weighted by Crippen LogP contribution is -2.47. The van der Waals surface area contributed by atoms with E-state index >= 15 is 0 Å². The smallest absolute Gasteiger partial charge is 0.251 e. The molecule has 160 valence electrons. The lowest BCUT2D eigenvalue weighted by Gasteiger charge is -2.33. The molecule has 1 aliphatic rings. The van der Waals surface area contributed by atoms with Crippen LogP contribution in [0.25, 0.3) is 11.1 Å². The molecule has 4 rings (SSSR count). The normalized spacial score (nSPS) is 16.6. The van der Waals surface area contributed by atoms with E-state index < -0.39 is 0 Å². The Morgan fingerprint density at radius 1 is 1.03 bits per heavy atom. The van der Waals surface area contributed by atoms with Gasteiger partial charge in [-0.25, -0.2) is 0 Å². The number of rotatable bonds is 6. The van der Waals surface area contributed by atoms with Crippen LogP contribution in [0, 0.1) is 6.92 Å². The Bertz CT molecular complexity index is 1010. The van der Waals surface area contributed by atoms with Crippen LogP contribution < -0.4 is 10.1 Å². The summed E-state index contributed by atoms with van der Waals surface area (Å²) in [6, 6.07) is 24.8. The summed E-state index contributed by atoms with van der Waals surface area (Å²) < 4.78 is 5.33. The Morgan fingerprint density at radius 2 is 1.81 bits per heavy atom. The van der Waals surface area contributed by atoms with Crippen LogP contribution >= 0.6 is 0 Å². The van der Waals surface area contributed by atoms with Crippen LogP contribution in [0.15, 0.2) is 72.8 Å². The van der Waals surface area contributed by atoms with Crippen molar-refractivity contribution in [2.24, 2.45) is 0 Å². The van der Waals surface area contributed by atoms with Gasteiger partial charge in [-0.15, -0.1) is 0 Å². The summed E-state index contributed by atoms with van der Waals surface area (Å²) >= 11 is 0. The summed E-state index contributed by atoms with van der Waals surface area (Å²) in [5.74, 6) is 0.892. The zero-order valence-electron chi connectivity index (χ0n) is 18.3. The molecule has 0 radical (unpaired) electrons. The maximum atomic E-state index is 12.6. The topological polar surface area (TPSA) is 41.6 Å². The van der Waals surface area contributed by atoms with Crippen molar-refractivity contribution < 1.29 is 9.53 Å². The number of amides is 1. The highest BCUT2D eigenvalue weighted by Crippen LogP contribution is 2.24. The predicted molar refractivity (Wildman–Crippen MR) is 125 cm³/mol. The van der Waals surface area contributed by atoms with E-state index in [9.17, 15) is 4.79 Å². The second-order valence-corrected chi connectivity index (χ2v) is 8.34. The van der Waals surface area contributed by atoms with Crippen molar-refractivity contribution in [2.75, 3.05) is 20.2 Å². The second kappa shape index (κ2) is 9.80. The molecular weight excluding hydrogens is 384 g/mol. The Labute approximate surface area is 184 Å². The highest BCUT2D eigenvalue weighted by atomic mass is 16.5. The summed E-state index contributed by atoms with van der Waals surface area (Å²) in [5, 5.41) is 3.22. The number of nitrogens with zero attached hydrogens (tertiary/aromatic N) is 1. The minimum atomic E-state index is 0.0227. The molecule has 1 N–H and O–H groups in total. The monoisotopic (exact) mass is 414 g/mol. The molecular formula is C27H30N2O2. The van der Waals surface area contributed by atoms with Crippen molar-refractivity contribution in [1.29, 1.82) is 0 Å². The standard InChI is InChI=1S/C27H30N2O2/c1-20-8-12-23(13-9-20)27(30)28-25-6-4-16-29(19-25)18-21-10-14-22(15-11-21)24-5-3-7-26(17-24)31-2/h3,5,7-15,17,25H,4,6,16,18-19H2,1-2H3,(H,28,30). The maximum absolute atomic E-state index is 12.6. The van der Waals surface area contributed by atoms with Gasteiger partial charge in [0, 0.05) is 24.7 Å². The van der Waals surface area contributed by atoms with Crippen LogP contribution in [0.3, 0.4) is 0 Å². The molecule has 4 nitrogen and oxygen atoms in total. The van der Waals surface area contributed by atoms with E-state index in [2.05, 4.69) is 46.6 Å². The Morgan fingerprint density at radius 3 is 2.55 bits per heavy atom. The molecule has 0 spiro atoms. The van der Waals surface area contributed by atoms with Gasteiger partial charge in [0.15, 0.2) is 0 Å². The molecule has 0 aliphatic carbocycles. The molecule has 0 bridgehead atoms. The molecule has 1 heterocycles. The fourth-order valence-corrected chi connectivity index (χ4v) is 4.15. The third-order valence-corrected chi connectivity index (χ3v) is 5.92. The van der Waals surface area contributed by atoms with Gasteiger partial charge >= 0.3 is 0 Å². The molecule has 4 heteroatoms. The number of likely N-dealkylation sites (tertiary alicyclic amines) is 1. The van der Waals surface area contributed by atoms with Crippen molar-refractivity contribution in [3.8, 4) is 16.9 Å². The molecule has 0 saturated carbocycles. The fraction of sp³-hybridized carbons (Fsp3) is 0.296. The number of nitrogens with one attached hydrogen (secondary N) is 1. The first-order valence-corrected chi connectivity index (χ1v) is 10.9. The molecule has 3 aromatic carbocycles. The highest BCUT2D eigenvalue weighted by molar-refractivity contribution is 5.94. The van der Waals surface area contributed by atoms with Gasteiger partial charge in [0.2, 0.25) is 0 Å². The van der Waals surface area contributed by atoms with Crippen molar-refractivity contribution in [1.82, 2.24) is 10.2 Å². The number of benzene rings is 3. The molecule has 31 heavy (non-hydrogen) atoms. The molecule has 3 aromatic rings. The van der Waals surface area contributed by atoms with Crippen molar-refractivity contribution >= 4 is 5.91 Å². The van der Waals surface area contributed by atoms with Gasteiger partial charge in [0.1, 0.15) is 5.75 Å². The molecule has 1 atom stereocenters. The van der Waals surface area contributed by atoms with E-state index in [-0.39, 0.29) is 11.9 Å². The minimum absolute atomic E-state index is 0.0227. The molecule has 1 aliphatic heterocycles. The first kappa shape index (κ1) is 21.1. The molecule has 1 saturated heterocycles. The summed E-state index contributed by atoms with van der Waals surface area (Å²) in [4.78, 5) is 15.0. The Hall–Kier alpha value is -3.11. The van der Waals surface area contributed by atoms with Crippen molar-refractivity contribution in [2.45, 2.75) is 32.4 Å². The second-order valence-electron chi connectivity index (χ2n) is 8.34. The first-order valence-electron chi connectivity index (χ1n) is 10.9. The summed E-state index contributed by atoms with van der Waals surface area (Å²) in [7, 11) is 1.69. The third kappa shape index (κ3) is 5.53. The SMILES string of the molecule is COc1cccc(-c2ccc(CN3CCCC(NC(=O)c4ccc(C)cc4)C3)cc2)c1. The number of carbonyl (C=O) groups is 1.